The number of rotatable bonds is 11. The van der Waals surface area contributed by atoms with Gasteiger partial charge in [-0.2, -0.15) is 0 Å². The number of nitrogens with zero attached hydrogens (tertiary/aromatic N) is 1. The quantitative estimate of drug-likeness (QED) is 0.317. The van der Waals surface area contributed by atoms with Crippen molar-refractivity contribution in [1.29, 1.82) is 0 Å². The summed E-state index contributed by atoms with van der Waals surface area (Å²) >= 11 is 18.2. The van der Waals surface area contributed by atoms with E-state index in [0.717, 1.165) is 5.56 Å². The molecule has 3 rings (SSSR count). The second kappa shape index (κ2) is 12.3. The highest BCUT2D eigenvalue weighted by Crippen LogP contribution is 2.32. The summed E-state index contributed by atoms with van der Waals surface area (Å²) in [6.45, 7) is 0.567. The molecule has 0 saturated carbocycles. The molecule has 3 aromatic carbocycles. The van der Waals surface area contributed by atoms with Gasteiger partial charge >= 0.3 is 0 Å². The highest BCUT2D eigenvalue weighted by Gasteiger charge is 2.32. The van der Waals surface area contributed by atoms with Crippen LogP contribution in [0.5, 0.6) is 11.5 Å². The van der Waals surface area contributed by atoms with Gasteiger partial charge in [0.25, 0.3) is 0 Å². The Labute approximate surface area is 214 Å². The molecule has 180 valence electrons. The zero-order chi connectivity index (χ0) is 24.6. The van der Waals surface area contributed by atoms with Crippen molar-refractivity contribution in [2.75, 3.05) is 26.1 Å². The highest BCUT2D eigenvalue weighted by atomic mass is 35.5. The summed E-state index contributed by atoms with van der Waals surface area (Å²) < 4.78 is 11.1. The Bertz CT molecular complexity index is 1080. The summed E-state index contributed by atoms with van der Waals surface area (Å²) in [5.41, 5.74) is 0.0531. The first-order valence-corrected chi connectivity index (χ1v) is 12.0. The maximum atomic E-state index is 12.5. The molecule has 0 radical (unpaired) electrons. The Kier molecular flexibility index (Phi) is 9.48. The molecule has 1 amide bonds. The number of carbonyl (C=O) groups excluding carboxylic acids is 1. The SMILES string of the molecule is COc1ccc(OCC(O)(CCN(Cc2ccccc2)C(=O)CCl)c2ccc(Cl)c(Cl)c2)cc1. The summed E-state index contributed by atoms with van der Waals surface area (Å²) in [6, 6.07) is 21.6. The standard InChI is InChI=1S/C26H26Cl3NO4/c1-33-21-8-10-22(11-9-21)34-18-26(32,20-7-12-23(28)24(29)15-20)13-14-30(25(31)16-27)17-19-5-3-2-4-6-19/h2-12,15,32H,13-14,16-18H2,1H3. The van der Waals surface area contributed by atoms with Gasteiger partial charge in [0.2, 0.25) is 5.91 Å². The normalized spacial score (nSPS) is 12.6. The summed E-state index contributed by atoms with van der Waals surface area (Å²) in [6.07, 6.45) is 0.191. The second-order valence-corrected chi connectivity index (χ2v) is 8.89. The van der Waals surface area contributed by atoms with Gasteiger partial charge in [-0.3, -0.25) is 4.79 Å². The lowest BCUT2D eigenvalue weighted by Gasteiger charge is -2.32. The van der Waals surface area contributed by atoms with Crippen LogP contribution in [0.3, 0.4) is 0 Å². The van der Waals surface area contributed by atoms with Gasteiger partial charge in [0.1, 0.15) is 29.6 Å². The van der Waals surface area contributed by atoms with Crippen molar-refractivity contribution >= 4 is 40.7 Å². The van der Waals surface area contributed by atoms with Crippen LogP contribution in [0.1, 0.15) is 17.5 Å². The van der Waals surface area contributed by atoms with Crippen molar-refractivity contribution < 1.29 is 19.4 Å². The molecule has 1 atom stereocenters. The zero-order valence-corrected chi connectivity index (χ0v) is 21.0. The molecule has 0 aliphatic rings. The Morgan fingerprint density at radius 1 is 0.971 bits per heavy atom. The van der Waals surface area contributed by atoms with Gasteiger partial charge in [0.05, 0.1) is 17.2 Å². The van der Waals surface area contributed by atoms with Crippen LogP contribution in [0, 0.1) is 0 Å². The van der Waals surface area contributed by atoms with Crippen molar-refractivity contribution in [3.8, 4) is 11.5 Å². The molecule has 5 nitrogen and oxygen atoms in total. The number of methoxy groups -OCH3 is 1. The molecule has 0 fully saturated rings. The fourth-order valence-corrected chi connectivity index (χ4v) is 3.93. The van der Waals surface area contributed by atoms with Gasteiger partial charge in [-0.05, 0) is 47.5 Å². The van der Waals surface area contributed by atoms with E-state index < -0.39 is 5.60 Å². The third kappa shape index (κ3) is 7.03. The molecular weight excluding hydrogens is 497 g/mol. The molecule has 0 aliphatic carbocycles. The Morgan fingerprint density at radius 2 is 1.65 bits per heavy atom. The van der Waals surface area contributed by atoms with Gasteiger partial charge in [-0.25, -0.2) is 0 Å². The largest absolute Gasteiger partial charge is 0.497 e. The van der Waals surface area contributed by atoms with Crippen LogP contribution < -0.4 is 9.47 Å². The number of carbonyl (C=O) groups is 1. The average Bonchev–Trinajstić information content (AvgIpc) is 2.87. The third-order valence-electron chi connectivity index (χ3n) is 5.47. The first-order valence-electron chi connectivity index (χ1n) is 10.7. The number of benzene rings is 3. The first kappa shape index (κ1) is 26.2. The number of alkyl halides is 1. The van der Waals surface area contributed by atoms with Crippen molar-refractivity contribution in [2.45, 2.75) is 18.6 Å². The maximum absolute atomic E-state index is 12.5. The molecule has 0 aromatic heterocycles. The summed E-state index contributed by atoms with van der Waals surface area (Å²) in [7, 11) is 1.59. The monoisotopic (exact) mass is 521 g/mol. The van der Waals surface area contributed by atoms with E-state index >= 15 is 0 Å². The number of hydrogen-bond acceptors (Lipinski definition) is 4. The van der Waals surface area contributed by atoms with Crippen LogP contribution in [0.25, 0.3) is 0 Å². The molecular formula is C26H26Cl3NO4. The number of aliphatic hydroxyl groups is 1. The summed E-state index contributed by atoms with van der Waals surface area (Å²) in [5.74, 6) is 0.888. The summed E-state index contributed by atoms with van der Waals surface area (Å²) in [4.78, 5) is 14.2. The minimum atomic E-state index is -1.45. The third-order valence-corrected chi connectivity index (χ3v) is 6.44. The smallest absolute Gasteiger partial charge is 0.237 e. The van der Waals surface area contributed by atoms with Gasteiger partial charge in [-0.1, -0.05) is 59.6 Å². The van der Waals surface area contributed by atoms with Crippen LogP contribution in [0.4, 0.5) is 0 Å². The number of halogens is 3. The maximum Gasteiger partial charge on any atom is 0.237 e. The molecule has 3 aromatic rings. The van der Waals surface area contributed by atoms with Crippen LogP contribution in [-0.4, -0.2) is 42.1 Å². The molecule has 0 spiro atoms. The summed E-state index contributed by atoms with van der Waals surface area (Å²) in [5, 5.41) is 12.4. The van der Waals surface area contributed by atoms with E-state index in [4.69, 9.17) is 44.3 Å². The lowest BCUT2D eigenvalue weighted by molar-refractivity contribution is -0.130. The van der Waals surface area contributed by atoms with E-state index in [-0.39, 0.29) is 31.4 Å². The van der Waals surface area contributed by atoms with E-state index in [1.54, 1.807) is 54.5 Å². The van der Waals surface area contributed by atoms with Crippen LogP contribution in [0.15, 0.2) is 72.8 Å². The van der Waals surface area contributed by atoms with E-state index in [0.29, 0.717) is 33.7 Å². The lowest BCUT2D eigenvalue weighted by atomic mass is 9.90. The number of hydrogen-bond donors (Lipinski definition) is 1. The van der Waals surface area contributed by atoms with E-state index in [2.05, 4.69) is 0 Å². The minimum Gasteiger partial charge on any atom is -0.497 e. The minimum absolute atomic E-state index is 0.0640. The van der Waals surface area contributed by atoms with Crippen molar-refractivity contribution in [1.82, 2.24) is 4.90 Å². The Balaban J connectivity index is 1.82. The number of amides is 1. The molecule has 34 heavy (non-hydrogen) atoms. The molecule has 0 saturated heterocycles. The second-order valence-electron chi connectivity index (χ2n) is 7.81. The predicted octanol–water partition coefficient (Wildman–Crippen LogP) is 5.93. The number of ether oxygens (including phenoxy) is 2. The van der Waals surface area contributed by atoms with Crippen LogP contribution in [-0.2, 0) is 16.9 Å². The fraction of sp³-hybridized carbons (Fsp3) is 0.269. The molecule has 1 unspecified atom stereocenters. The van der Waals surface area contributed by atoms with Gasteiger partial charge in [0, 0.05) is 19.5 Å². The van der Waals surface area contributed by atoms with Gasteiger partial charge in [-0.15, -0.1) is 11.6 Å². The topological polar surface area (TPSA) is 59.0 Å². The van der Waals surface area contributed by atoms with Crippen molar-refractivity contribution in [3.05, 3.63) is 94.0 Å². The van der Waals surface area contributed by atoms with Crippen molar-refractivity contribution in [3.63, 3.8) is 0 Å². The molecule has 1 N–H and O–H groups in total. The highest BCUT2D eigenvalue weighted by molar-refractivity contribution is 6.42. The van der Waals surface area contributed by atoms with Gasteiger partial charge in [0.15, 0.2) is 0 Å². The van der Waals surface area contributed by atoms with E-state index in [9.17, 15) is 9.90 Å². The van der Waals surface area contributed by atoms with E-state index in [1.807, 2.05) is 30.3 Å². The van der Waals surface area contributed by atoms with Crippen molar-refractivity contribution in [2.24, 2.45) is 0 Å². The zero-order valence-electron chi connectivity index (χ0n) is 18.7. The van der Waals surface area contributed by atoms with E-state index in [1.165, 1.54) is 0 Å². The lowest BCUT2D eigenvalue weighted by Crippen LogP contribution is -2.40. The predicted molar refractivity (Wildman–Crippen MR) is 136 cm³/mol. The van der Waals surface area contributed by atoms with Crippen LogP contribution >= 0.6 is 34.8 Å². The van der Waals surface area contributed by atoms with Gasteiger partial charge < -0.3 is 19.5 Å². The average molecular weight is 523 g/mol. The Hall–Kier alpha value is -2.44. The fourth-order valence-electron chi connectivity index (χ4n) is 3.46. The molecule has 8 heteroatoms. The molecule has 0 heterocycles. The molecule has 0 aliphatic heterocycles. The van der Waals surface area contributed by atoms with Crippen LogP contribution in [0.2, 0.25) is 10.0 Å². The Morgan fingerprint density at radius 3 is 2.26 bits per heavy atom. The molecule has 0 bridgehead atoms. The first-order chi connectivity index (χ1) is 16.3.